The molecule has 0 aromatic heterocycles. The lowest BCUT2D eigenvalue weighted by Crippen LogP contribution is -2.56. The van der Waals surface area contributed by atoms with E-state index in [1.165, 1.54) is 14.0 Å². The van der Waals surface area contributed by atoms with E-state index < -0.39 is 5.60 Å². The van der Waals surface area contributed by atoms with Crippen molar-refractivity contribution >= 4 is 12.1 Å². The van der Waals surface area contributed by atoms with Gasteiger partial charge in [-0.15, -0.1) is 0 Å². The van der Waals surface area contributed by atoms with Gasteiger partial charge in [-0.2, -0.15) is 0 Å². The van der Waals surface area contributed by atoms with Crippen molar-refractivity contribution in [2.45, 2.75) is 65.6 Å². The minimum absolute atomic E-state index is 0.000545. The van der Waals surface area contributed by atoms with Gasteiger partial charge in [0.05, 0.1) is 12.7 Å². The summed E-state index contributed by atoms with van der Waals surface area (Å²) in [5.41, 5.74) is 0.116. The molecule has 1 amide bonds. The first-order valence-corrected chi connectivity index (χ1v) is 10.0. The highest BCUT2D eigenvalue weighted by molar-refractivity contribution is 5.67. The molecule has 6 atom stereocenters. The summed E-state index contributed by atoms with van der Waals surface area (Å²) in [5.74, 6) is 0.302. The molecule has 27 heavy (non-hydrogen) atoms. The van der Waals surface area contributed by atoms with E-state index in [-0.39, 0.29) is 41.8 Å². The summed E-state index contributed by atoms with van der Waals surface area (Å²) in [4.78, 5) is 25.1. The van der Waals surface area contributed by atoms with Crippen molar-refractivity contribution in [2.24, 2.45) is 23.7 Å². The number of amides is 1. The quantitative estimate of drug-likeness (QED) is 0.583. The van der Waals surface area contributed by atoms with Crippen LogP contribution < -0.4 is 0 Å². The Hall–Kier alpha value is -1.56. The molecule has 2 aliphatic carbocycles. The average molecular weight is 382 g/mol. The Kier molecular flexibility index (Phi) is 6.95. The Morgan fingerprint density at radius 2 is 2.07 bits per heavy atom. The molecule has 0 spiro atoms. The van der Waals surface area contributed by atoms with Gasteiger partial charge < -0.3 is 19.5 Å². The zero-order valence-corrected chi connectivity index (χ0v) is 17.5. The van der Waals surface area contributed by atoms with E-state index in [0.29, 0.717) is 19.5 Å². The predicted molar refractivity (Wildman–Crippen MR) is 103 cm³/mol. The Labute approximate surface area is 162 Å². The summed E-state index contributed by atoms with van der Waals surface area (Å²) in [5, 5.41) is 11.6. The maximum atomic E-state index is 12.0. The first kappa shape index (κ1) is 21.7. The molecule has 0 aromatic carbocycles. The number of aliphatic hydroxyl groups is 1. The Morgan fingerprint density at radius 3 is 2.63 bits per heavy atom. The number of methoxy groups -OCH3 is 1. The third-order valence-electron chi connectivity index (χ3n) is 6.65. The van der Waals surface area contributed by atoms with Gasteiger partial charge in [0.2, 0.25) is 0 Å². The highest BCUT2D eigenvalue weighted by Crippen LogP contribution is 2.51. The van der Waals surface area contributed by atoms with Crippen molar-refractivity contribution in [3.05, 3.63) is 11.6 Å². The van der Waals surface area contributed by atoms with E-state index in [4.69, 9.17) is 9.47 Å². The van der Waals surface area contributed by atoms with Crippen molar-refractivity contribution in [1.82, 2.24) is 4.90 Å². The fourth-order valence-corrected chi connectivity index (χ4v) is 4.94. The van der Waals surface area contributed by atoms with E-state index in [2.05, 4.69) is 19.9 Å². The van der Waals surface area contributed by atoms with Crippen LogP contribution in [0, 0.1) is 23.7 Å². The fraction of sp³-hybridized carbons (Fsp3) is 0.810. The number of fused-ring (bicyclic) bond motifs is 1. The summed E-state index contributed by atoms with van der Waals surface area (Å²) in [6.07, 6.45) is 3.82. The van der Waals surface area contributed by atoms with Gasteiger partial charge in [-0.25, -0.2) is 4.79 Å². The molecule has 1 fully saturated rings. The largest absolute Gasteiger partial charge is 0.458 e. The number of ether oxygens (including phenoxy) is 2. The van der Waals surface area contributed by atoms with Crippen LogP contribution in [0.5, 0.6) is 0 Å². The van der Waals surface area contributed by atoms with Crippen LogP contribution in [0.15, 0.2) is 11.6 Å². The zero-order chi connectivity index (χ0) is 20.4. The molecule has 2 aliphatic rings. The molecule has 1 unspecified atom stereocenters. The van der Waals surface area contributed by atoms with E-state index in [1.807, 2.05) is 13.8 Å². The average Bonchev–Trinajstić information content (AvgIpc) is 2.61. The Balaban J connectivity index is 2.25. The number of hydrogen-bond donors (Lipinski definition) is 1. The third-order valence-corrected chi connectivity index (χ3v) is 6.65. The van der Waals surface area contributed by atoms with Gasteiger partial charge in [-0.1, -0.05) is 19.9 Å². The molecule has 6 nitrogen and oxygen atoms in total. The normalized spacial score (nSPS) is 34.1. The molecule has 2 rings (SSSR count). The number of rotatable bonds is 5. The second kappa shape index (κ2) is 8.63. The van der Waals surface area contributed by atoms with Crippen molar-refractivity contribution in [3.8, 4) is 0 Å². The zero-order valence-electron chi connectivity index (χ0n) is 17.5. The molecule has 1 saturated carbocycles. The van der Waals surface area contributed by atoms with E-state index in [0.717, 1.165) is 18.4 Å². The number of carbonyl (C=O) groups excluding carboxylic acids is 2. The third kappa shape index (κ3) is 4.48. The summed E-state index contributed by atoms with van der Waals surface area (Å²) in [6, 6.07) is 0. The van der Waals surface area contributed by atoms with Gasteiger partial charge in [-0.3, -0.25) is 4.79 Å². The molecule has 0 aliphatic heterocycles. The number of esters is 1. The van der Waals surface area contributed by atoms with Gasteiger partial charge in [0.15, 0.2) is 0 Å². The monoisotopic (exact) mass is 381 g/mol. The van der Waals surface area contributed by atoms with E-state index in [9.17, 15) is 14.7 Å². The predicted octanol–water partition coefficient (Wildman–Crippen LogP) is 3.39. The van der Waals surface area contributed by atoms with Crippen molar-refractivity contribution < 1.29 is 24.2 Å². The van der Waals surface area contributed by atoms with Crippen LogP contribution in [-0.2, 0) is 14.3 Å². The van der Waals surface area contributed by atoms with Gasteiger partial charge in [0.1, 0.15) is 6.10 Å². The van der Waals surface area contributed by atoms with Gasteiger partial charge in [0, 0.05) is 32.4 Å². The number of hydrogen-bond acceptors (Lipinski definition) is 5. The van der Waals surface area contributed by atoms with Crippen LogP contribution in [0.3, 0.4) is 0 Å². The van der Waals surface area contributed by atoms with Gasteiger partial charge in [-0.05, 0) is 50.0 Å². The molecule has 0 saturated heterocycles. The van der Waals surface area contributed by atoms with Crippen LogP contribution >= 0.6 is 0 Å². The standard InChI is InChI=1S/C21H35NO5/c1-7-22(20(24)26-6)12-14(3)17-9-8-15(4)21(25)11-19(27-16(5)23)13(2)10-18(17)21/h10,14-15,17-19,25H,7-9,11-12H2,1-6H3/t14?,15-,17+,18-,19-,21-/m1/s1. The second-order valence-corrected chi connectivity index (χ2v) is 8.36. The molecular formula is C21H35NO5. The summed E-state index contributed by atoms with van der Waals surface area (Å²) < 4.78 is 10.3. The van der Waals surface area contributed by atoms with Crippen LogP contribution in [0.4, 0.5) is 4.79 Å². The lowest BCUT2D eigenvalue weighted by atomic mass is 9.57. The maximum absolute atomic E-state index is 12.0. The van der Waals surface area contributed by atoms with Gasteiger partial charge in [0.25, 0.3) is 0 Å². The van der Waals surface area contributed by atoms with Crippen molar-refractivity contribution in [3.63, 3.8) is 0 Å². The summed E-state index contributed by atoms with van der Waals surface area (Å²) in [7, 11) is 1.40. The van der Waals surface area contributed by atoms with Crippen molar-refractivity contribution in [1.29, 1.82) is 0 Å². The second-order valence-electron chi connectivity index (χ2n) is 8.36. The Morgan fingerprint density at radius 1 is 1.41 bits per heavy atom. The first-order chi connectivity index (χ1) is 12.6. The molecule has 1 N–H and O–H groups in total. The molecule has 154 valence electrons. The highest BCUT2D eigenvalue weighted by atomic mass is 16.5. The lowest BCUT2D eigenvalue weighted by molar-refractivity contribution is -0.159. The van der Waals surface area contributed by atoms with Crippen LogP contribution in [0.1, 0.15) is 53.9 Å². The Bertz CT molecular complexity index is 589. The topological polar surface area (TPSA) is 76.1 Å². The van der Waals surface area contributed by atoms with Crippen molar-refractivity contribution in [2.75, 3.05) is 20.2 Å². The van der Waals surface area contributed by atoms with E-state index in [1.54, 1.807) is 4.90 Å². The maximum Gasteiger partial charge on any atom is 0.409 e. The number of carbonyl (C=O) groups is 2. The molecule has 0 radical (unpaired) electrons. The van der Waals surface area contributed by atoms with Crippen LogP contribution in [0.25, 0.3) is 0 Å². The molecule has 0 heterocycles. The van der Waals surface area contributed by atoms with Gasteiger partial charge >= 0.3 is 12.1 Å². The molecule has 6 heteroatoms. The highest BCUT2D eigenvalue weighted by Gasteiger charge is 2.52. The summed E-state index contributed by atoms with van der Waals surface area (Å²) >= 11 is 0. The van der Waals surface area contributed by atoms with E-state index >= 15 is 0 Å². The first-order valence-electron chi connectivity index (χ1n) is 10.0. The van der Waals surface area contributed by atoms with Crippen LogP contribution in [0.2, 0.25) is 0 Å². The minimum atomic E-state index is -0.890. The number of nitrogens with zero attached hydrogens (tertiary/aromatic N) is 1. The van der Waals surface area contributed by atoms with Crippen LogP contribution in [-0.4, -0.2) is 54.0 Å². The fourth-order valence-electron chi connectivity index (χ4n) is 4.94. The summed E-state index contributed by atoms with van der Waals surface area (Å²) in [6.45, 7) is 10.8. The smallest absolute Gasteiger partial charge is 0.409 e. The minimum Gasteiger partial charge on any atom is -0.458 e. The SMILES string of the molecule is CCN(CC(C)[C@@H]1CC[C@@H](C)[C@]2(O)C[C@@H](OC(C)=O)C(C)=C[C@H]12)C(=O)OC. The molecule has 0 bridgehead atoms. The molecular weight excluding hydrogens is 346 g/mol. The lowest BCUT2D eigenvalue weighted by Gasteiger charge is -2.53. The molecule has 0 aromatic rings.